The molecule has 0 radical (unpaired) electrons. The van der Waals surface area contributed by atoms with Gasteiger partial charge in [-0.1, -0.05) is 6.92 Å². The van der Waals surface area contributed by atoms with Crippen molar-refractivity contribution in [1.82, 2.24) is 14.1 Å². The number of rotatable bonds is 5. The van der Waals surface area contributed by atoms with Crippen molar-refractivity contribution in [2.24, 2.45) is 7.05 Å². The van der Waals surface area contributed by atoms with E-state index in [9.17, 15) is 4.79 Å². The fourth-order valence-electron chi connectivity index (χ4n) is 1.75. The lowest BCUT2D eigenvalue weighted by Crippen LogP contribution is -2.22. The second-order valence-electron chi connectivity index (χ2n) is 4.30. The summed E-state index contributed by atoms with van der Waals surface area (Å²) in [5.41, 5.74) is 1.06. The van der Waals surface area contributed by atoms with Crippen molar-refractivity contribution < 1.29 is 0 Å². The van der Waals surface area contributed by atoms with Crippen molar-refractivity contribution in [3.8, 4) is 0 Å². The van der Waals surface area contributed by atoms with Crippen molar-refractivity contribution in [3.05, 3.63) is 46.8 Å². The summed E-state index contributed by atoms with van der Waals surface area (Å²) in [7, 11) is 1.75. The standard InChI is InChI=1S/C13H18N4O/c1-3-5-14-12-9-11(4-6-15-12)10-17-8-7-16(2)13(17)18/h4,6-9H,3,5,10H2,1-2H3,(H,14,15). The molecule has 5 heteroatoms. The number of hydrogen-bond donors (Lipinski definition) is 1. The second-order valence-corrected chi connectivity index (χ2v) is 4.30. The smallest absolute Gasteiger partial charge is 0.328 e. The van der Waals surface area contributed by atoms with E-state index in [4.69, 9.17) is 0 Å². The minimum Gasteiger partial charge on any atom is -0.370 e. The number of nitrogens with one attached hydrogen (secondary N) is 1. The normalized spacial score (nSPS) is 10.6. The van der Waals surface area contributed by atoms with E-state index in [0.29, 0.717) is 6.54 Å². The maximum Gasteiger partial charge on any atom is 0.328 e. The van der Waals surface area contributed by atoms with Gasteiger partial charge in [-0.25, -0.2) is 9.78 Å². The minimum absolute atomic E-state index is 0.00474. The van der Waals surface area contributed by atoms with Gasteiger partial charge in [-0.3, -0.25) is 4.57 Å². The molecule has 0 saturated carbocycles. The molecule has 0 aromatic carbocycles. The molecule has 0 saturated heterocycles. The first-order chi connectivity index (χ1) is 8.70. The van der Waals surface area contributed by atoms with Gasteiger partial charge in [0.1, 0.15) is 5.82 Å². The molecule has 18 heavy (non-hydrogen) atoms. The molecule has 0 spiro atoms. The van der Waals surface area contributed by atoms with Crippen LogP contribution in [0.5, 0.6) is 0 Å². The molecule has 2 rings (SSSR count). The summed E-state index contributed by atoms with van der Waals surface area (Å²) in [6, 6.07) is 3.91. The molecule has 0 bridgehead atoms. The van der Waals surface area contributed by atoms with Gasteiger partial charge in [0.2, 0.25) is 0 Å². The van der Waals surface area contributed by atoms with Gasteiger partial charge in [-0.05, 0) is 24.1 Å². The molecule has 0 fully saturated rings. The topological polar surface area (TPSA) is 51.9 Å². The number of pyridine rings is 1. The number of anilines is 1. The Hall–Kier alpha value is -2.04. The van der Waals surface area contributed by atoms with Gasteiger partial charge in [0.05, 0.1) is 6.54 Å². The van der Waals surface area contributed by atoms with Crippen LogP contribution in [0.25, 0.3) is 0 Å². The molecule has 0 unspecified atom stereocenters. The van der Waals surface area contributed by atoms with E-state index in [-0.39, 0.29) is 5.69 Å². The Morgan fingerprint density at radius 3 is 2.89 bits per heavy atom. The minimum atomic E-state index is -0.00474. The third-order valence-electron chi connectivity index (χ3n) is 2.75. The molecule has 0 aliphatic rings. The molecular formula is C13H18N4O. The molecule has 0 aliphatic carbocycles. The zero-order valence-electron chi connectivity index (χ0n) is 10.8. The van der Waals surface area contributed by atoms with Crippen molar-refractivity contribution >= 4 is 5.82 Å². The van der Waals surface area contributed by atoms with Crippen LogP contribution in [0.3, 0.4) is 0 Å². The third-order valence-corrected chi connectivity index (χ3v) is 2.75. The van der Waals surface area contributed by atoms with Crippen LogP contribution in [0, 0.1) is 0 Å². The average Bonchev–Trinajstić information content (AvgIpc) is 2.69. The molecule has 0 amide bonds. The summed E-state index contributed by atoms with van der Waals surface area (Å²) in [6.07, 6.45) is 6.38. The molecule has 0 aliphatic heterocycles. The quantitative estimate of drug-likeness (QED) is 0.868. The molecule has 2 aromatic heterocycles. The van der Waals surface area contributed by atoms with Crippen LogP contribution in [0.1, 0.15) is 18.9 Å². The monoisotopic (exact) mass is 246 g/mol. The van der Waals surface area contributed by atoms with Crippen LogP contribution < -0.4 is 11.0 Å². The predicted molar refractivity (Wildman–Crippen MR) is 71.8 cm³/mol. The summed E-state index contributed by atoms with van der Waals surface area (Å²) in [5, 5.41) is 3.24. The van der Waals surface area contributed by atoms with Gasteiger partial charge in [-0.2, -0.15) is 0 Å². The summed E-state index contributed by atoms with van der Waals surface area (Å²) in [4.78, 5) is 16.0. The van der Waals surface area contributed by atoms with Crippen LogP contribution in [0.4, 0.5) is 5.82 Å². The molecule has 0 atom stereocenters. The van der Waals surface area contributed by atoms with Gasteiger partial charge >= 0.3 is 5.69 Å². The van der Waals surface area contributed by atoms with Crippen molar-refractivity contribution in [2.75, 3.05) is 11.9 Å². The fraction of sp³-hybridized carbons (Fsp3) is 0.385. The number of nitrogens with zero attached hydrogens (tertiary/aromatic N) is 3. The van der Waals surface area contributed by atoms with E-state index >= 15 is 0 Å². The van der Waals surface area contributed by atoms with Gasteiger partial charge < -0.3 is 9.88 Å². The first-order valence-corrected chi connectivity index (χ1v) is 6.11. The zero-order valence-corrected chi connectivity index (χ0v) is 10.8. The van der Waals surface area contributed by atoms with Gasteiger partial charge in [0, 0.05) is 32.2 Å². The van der Waals surface area contributed by atoms with Crippen LogP contribution in [-0.2, 0) is 13.6 Å². The molecule has 2 aromatic rings. The zero-order chi connectivity index (χ0) is 13.0. The maximum atomic E-state index is 11.7. The molecule has 5 nitrogen and oxygen atoms in total. The number of hydrogen-bond acceptors (Lipinski definition) is 3. The average molecular weight is 246 g/mol. The highest BCUT2D eigenvalue weighted by molar-refractivity contribution is 5.37. The van der Waals surface area contributed by atoms with Gasteiger partial charge in [0.15, 0.2) is 0 Å². The van der Waals surface area contributed by atoms with E-state index in [1.54, 1.807) is 34.8 Å². The Morgan fingerprint density at radius 2 is 2.22 bits per heavy atom. The molecule has 96 valence electrons. The number of aryl methyl sites for hydroxylation is 1. The number of aromatic nitrogens is 3. The van der Waals surface area contributed by atoms with E-state index in [1.807, 2.05) is 12.1 Å². The summed E-state index contributed by atoms with van der Waals surface area (Å²) < 4.78 is 3.25. The SMILES string of the molecule is CCCNc1cc(Cn2ccn(C)c2=O)ccn1. The highest BCUT2D eigenvalue weighted by atomic mass is 16.1. The van der Waals surface area contributed by atoms with Gasteiger partial charge in [0.25, 0.3) is 0 Å². The molecule has 1 N–H and O–H groups in total. The van der Waals surface area contributed by atoms with Crippen molar-refractivity contribution in [2.45, 2.75) is 19.9 Å². The van der Waals surface area contributed by atoms with Gasteiger partial charge in [-0.15, -0.1) is 0 Å². The highest BCUT2D eigenvalue weighted by Gasteiger charge is 2.02. The Balaban J connectivity index is 2.14. The summed E-state index contributed by atoms with van der Waals surface area (Å²) >= 11 is 0. The molecular weight excluding hydrogens is 228 g/mol. The third kappa shape index (κ3) is 2.80. The second kappa shape index (κ2) is 5.53. The lowest BCUT2D eigenvalue weighted by Gasteiger charge is -2.06. The van der Waals surface area contributed by atoms with Crippen LogP contribution in [0.2, 0.25) is 0 Å². The Labute approximate surface area is 106 Å². The highest BCUT2D eigenvalue weighted by Crippen LogP contribution is 2.07. The van der Waals surface area contributed by atoms with Crippen molar-refractivity contribution in [3.63, 3.8) is 0 Å². The molecule has 2 heterocycles. The Kier molecular flexibility index (Phi) is 3.82. The van der Waals surface area contributed by atoms with E-state index in [1.165, 1.54) is 0 Å². The lowest BCUT2D eigenvalue weighted by molar-refractivity contribution is 0.717. The first kappa shape index (κ1) is 12.4. The van der Waals surface area contributed by atoms with E-state index in [2.05, 4.69) is 17.2 Å². The van der Waals surface area contributed by atoms with E-state index < -0.39 is 0 Å². The lowest BCUT2D eigenvalue weighted by atomic mass is 10.2. The number of imidazole rings is 1. The Bertz CT molecular complexity index is 570. The van der Waals surface area contributed by atoms with Crippen LogP contribution >= 0.6 is 0 Å². The summed E-state index contributed by atoms with van der Waals surface area (Å²) in [6.45, 7) is 3.59. The summed E-state index contributed by atoms with van der Waals surface area (Å²) in [5.74, 6) is 0.860. The fourth-order valence-corrected chi connectivity index (χ4v) is 1.75. The van der Waals surface area contributed by atoms with E-state index in [0.717, 1.165) is 24.3 Å². The predicted octanol–water partition coefficient (Wildman–Crippen LogP) is 1.45. The largest absolute Gasteiger partial charge is 0.370 e. The first-order valence-electron chi connectivity index (χ1n) is 6.11. The Morgan fingerprint density at radius 1 is 1.39 bits per heavy atom. The maximum absolute atomic E-state index is 11.7. The van der Waals surface area contributed by atoms with Crippen LogP contribution in [-0.4, -0.2) is 20.7 Å². The van der Waals surface area contributed by atoms with Crippen LogP contribution in [0.15, 0.2) is 35.5 Å². The van der Waals surface area contributed by atoms with Crippen molar-refractivity contribution in [1.29, 1.82) is 0 Å².